The highest BCUT2D eigenvalue weighted by Gasteiger charge is 2.29. The van der Waals surface area contributed by atoms with Crippen LogP contribution >= 0.6 is 11.3 Å². The molecule has 1 aromatic heterocycles. The molecule has 1 aliphatic heterocycles. The van der Waals surface area contributed by atoms with Crippen molar-refractivity contribution in [2.45, 2.75) is 20.3 Å². The number of amides is 3. The molecule has 3 amide bonds. The van der Waals surface area contributed by atoms with Crippen LogP contribution in [0.1, 0.15) is 17.6 Å². The largest absolute Gasteiger partial charge is 0.369 e. The Morgan fingerprint density at radius 2 is 1.95 bits per heavy atom. The van der Waals surface area contributed by atoms with Crippen LogP contribution in [0.4, 0.5) is 0 Å². The third-order valence-electron chi connectivity index (χ3n) is 3.72. The minimum absolute atomic E-state index is 0.0954. The maximum Gasteiger partial charge on any atom is 0.228 e. The Labute approximate surface area is 133 Å². The number of aromatic nitrogens is 1. The number of rotatable bonds is 3. The second kappa shape index (κ2) is 6.87. The van der Waals surface area contributed by atoms with Gasteiger partial charge in [0.15, 0.2) is 0 Å². The molecule has 2 heterocycles. The number of aryl methyl sites for hydroxylation is 1. The Kier molecular flexibility index (Phi) is 5.12. The Balaban J connectivity index is 2.07. The number of hydrogen-bond donors (Lipinski definition) is 1. The third kappa shape index (κ3) is 4.03. The van der Waals surface area contributed by atoms with Gasteiger partial charge in [-0.15, -0.1) is 11.3 Å². The van der Waals surface area contributed by atoms with Crippen molar-refractivity contribution in [2.24, 2.45) is 11.7 Å². The van der Waals surface area contributed by atoms with Crippen molar-refractivity contribution in [1.29, 1.82) is 0 Å². The van der Waals surface area contributed by atoms with Crippen LogP contribution < -0.4 is 5.73 Å². The van der Waals surface area contributed by atoms with Gasteiger partial charge in [0.25, 0.3) is 0 Å². The number of thiazole rings is 1. The summed E-state index contributed by atoms with van der Waals surface area (Å²) in [6, 6.07) is 0. The highest BCUT2D eigenvalue weighted by atomic mass is 32.1. The maximum absolute atomic E-state index is 12.4. The van der Waals surface area contributed by atoms with E-state index >= 15 is 0 Å². The molecule has 1 aliphatic rings. The van der Waals surface area contributed by atoms with Gasteiger partial charge in [-0.25, -0.2) is 4.98 Å². The molecule has 7 nitrogen and oxygen atoms in total. The lowest BCUT2D eigenvalue weighted by Gasteiger charge is -2.22. The molecule has 1 atom stereocenters. The maximum atomic E-state index is 12.4. The summed E-state index contributed by atoms with van der Waals surface area (Å²) < 4.78 is 0. The molecule has 0 aliphatic carbocycles. The topological polar surface area (TPSA) is 96.6 Å². The molecule has 1 saturated heterocycles. The van der Waals surface area contributed by atoms with E-state index in [2.05, 4.69) is 4.98 Å². The van der Waals surface area contributed by atoms with E-state index in [4.69, 9.17) is 5.73 Å². The van der Waals surface area contributed by atoms with Gasteiger partial charge in [0.05, 0.1) is 23.0 Å². The molecule has 0 aromatic carbocycles. The van der Waals surface area contributed by atoms with E-state index in [1.54, 1.807) is 9.80 Å². The lowest BCUT2D eigenvalue weighted by molar-refractivity contribution is -0.132. The van der Waals surface area contributed by atoms with Gasteiger partial charge >= 0.3 is 0 Å². The van der Waals surface area contributed by atoms with E-state index in [9.17, 15) is 14.4 Å². The van der Waals surface area contributed by atoms with Crippen LogP contribution in [0.3, 0.4) is 0 Å². The Hall–Kier alpha value is -1.96. The van der Waals surface area contributed by atoms with Gasteiger partial charge in [-0.05, 0) is 6.92 Å². The number of carbonyl (C=O) groups is 3. The van der Waals surface area contributed by atoms with Gasteiger partial charge < -0.3 is 15.5 Å². The molecule has 22 heavy (non-hydrogen) atoms. The van der Waals surface area contributed by atoms with Crippen LogP contribution in [0.5, 0.6) is 0 Å². The average Bonchev–Trinajstić information content (AvgIpc) is 2.73. The standard InChI is InChI=1S/C14H20N4O3S/c1-9-16-12(8-22-9)5-13(20)18-4-3-17(10(2)19)6-11(7-18)14(15)21/h8,11H,3-7H2,1-2H3,(H2,15,21)/t11-/m1/s1. The van der Waals surface area contributed by atoms with E-state index in [0.29, 0.717) is 13.1 Å². The molecule has 2 rings (SSSR count). The first kappa shape index (κ1) is 16.4. The lowest BCUT2D eigenvalue weighted by Crippen LogP contribution is -2.41. The highest BCUT2D eigenvalue weighted by Crippen LogP contribution is 2.13. The molecular weight excluding hydrogens is 304 g/mol. The number of nitrogens with two attached hydrogens (primary N) is 1. The molecule has 0 bridgehead atoms. The SMILES string of the molecule is CC(=O)N1CCN(C(=O)Cc2csc(C)n2)C[C@H](C(N)=O)C1. The summed E-state index contributed by atoms with van der Waals surface area (Å²) in [6.07, 6.45) is 0.204. The number of nitrogens with zero attached hydrogens (tertiary/aromatic N) is 3. The summed E-state index contributed by atoms with van der Waals surface area (Å²) in [5.74, 6) is -1.24. The average molecular weight is 324 g/mol. The lowest BCUT2D eigenvalue weighted by atomic mass is 10.1. The number of carbonyl (C=O) groups excluding carboxylic acids is 3. The van der Waals surface area contributed by atoms with Crippen LogP contribution in [-0.4, -0.2) is 58.7 Å². The van der Waals surface area contributed by atoms with Crippen LogP contribution in [-0.2, 0) is 20.8 Å². The summed E-state index contributed by atoms with van der Waals surface area (Å²) in [6.45, 7) is 4.68. The fraction of sp³-hybridized carbons (Fsp3) is 0.571. The predicted molar refractivity (Wildman–Crippen MR) is 82.1 cm³/mol. The van der Waals surface area contributed by atoms with E-state index < -0.39 is 11.8 Å². The summed E-state index contributed by atoms with van der Waals surface area (Å²) in [7, 11) is 0. The predicted octanol–water partition coefficient (Wildman–Crippen LogP) is -0.214. The van der Waals surface area contributed by atoms with E-state index in [1.807, 2.05) is 12.3 Å². The first-order valence-corrected chi connectivity index (χ1v) is 7.98. The van der Waals surface area contributed by atoms with Crippen molar-refractivity contribution < 1.29 is 14.4 Å². The van der Waals surface area contributed by atoms with Crippen LogP contribution in [0.25, 0.3) is 0 Å². The normalized spacial score (nSPS) is 18.9. The zero-order valence-electron chi connectivity index (χ0n) is 12.7. The van der Waals surface area contributed by atoms with E-state index in [1.165, 1.54) is 18.3 Å². The quantitative estimate of drug-likeness (QED) is 0.832. The summed E-state index contributed by atoms with van der Waals surface area (Å²) >= 11 is 1.50. The van der Waals surface area contributed by atoms with Crippen molar-refractivity contribution in [2.75, 3.05) is 26.2 Å². The second-order valence-corrected chi connectivity index (χ2v) is 6.50. The summed E-state index contributed by atoms with van der Waals surface area (Å²) in [4.78, 5) is 43.0. The van der Waals surface area contributed by atoms with Gasteiger partial charge in [0, 0.05) is 38.5 Å². The Bertz CT molecular complexity index is 586. The van der Waals surface area contributed by atoms with Crippen molar-refractivity contribution in [3.63, 3.8) is 0 Å². The first-order valence-electron chi connectivity index (χ1n) is 7.10. The molecule has 8 heteroatoms. The van der Waals surface area contributed by atoms with Crippen molar-refractivity contribution >= 4 is 29.1 Å². The summed E-state index contributed by atoms with van der Waals surface area (Å²) in [5, 5.41) is 2.77. The number of hydrogen-bond acceptors (Lipinski definition) is 5. The van der Waals surface area contributed by atoms with E-state index in [0.717, 1.165) is 10.7 Å². The molecule has 1 fully saturated rings. The van der Waals surface area contributed by atoms with Gasteiger partial charge in [0.2, 0.25) is 17.7 Å². The van der Waals surface area contributed by atoms with Gasteiger partial charge in [-0.2, -0.15) is 0 Å². The van der Waals surface area contributed by atoms with Crippen molar-refractivity contribution in [3.8, 4) is 0 Å². The first-order chi connectivity index (χ1) is 10.4. The Morgan fingerprint density at radius 1 is 1.32 bits per heavy atom. The molecule has 0 radical (unpaired) electrons. The van der Waals surface area contributed by atoms with Crippen molar-refractivity contribution in [1.82, 2.24) is 14.8 Å². The number of primary amides is 1. The molecule has 2 N–H and O–H groups in total. The fourth-order valence-corrected chi connectivity index (χ4v) is 3.08. The zero-order chi connectivity index (χ0) is 16.3. The fourth-order valence-electron chi connectivity index (χ4n) is 2.46. The van der Waals surface area contributed by atoms with E-state index in [-0.39, 0.29) is 31.3 Å². The molecule has 1 aromatic rings. The second-order valence-electron chi connectivity index (χ2n) is 5.44. The monoisotopic (exact) mass is 324 g/mol. The molecule has 0 unspecified atom stereocenters. The van der Waals surface area contributed by atoms with Crippen LogP contribution in [0.15, 0.2) is 5.38 Å². The highest BCUT2D eigenvalue weighted by molar-refractivity contribution is 7.09. The Morgan fingerprint density at radius 3 is 2.50 bits per heavy atom. The van der Waals surface area contributed by atoms with Gasteiger partial charge in [0.1, 0.15) is 0 Å². The van der Waals surface area contributed by atoms with Gasteiger partial charge in [-0.3, -0.25) is 14.4 Å². The van der Waals surface area contributed by atoms with Crippen molar-refractivity contribution in [3.05, 3.63) is 16.1 Å². The minimum Gasteiger partial charge on any atom is -0.369 e. The third-order valence-corrected chi connectivity index (χ3v) is 4.54. The van der Waals surface area contributed by atoms with Gasteiger partial charge in [-0.1, -0.05) is 0 Å². The minimum atomic E-state index is -0.535. The molecule has 0 spiro atoms. The smallest absolute Gasteiger partial charge is 0.228 e. The van der Waals surface area contributed by atoms with Crippen LogP contribution in [0, 0.1) is 12.8 Å². The molecule has 0 saturated carbocycles. The molecular formula is C14H20N4O3S. The zero-order valence-corrected chi connectivity index (χ0v) is 13.6. The summed E-state index contributed by atoms with van der Waals surface area (Å²) in [5.41, 5.74) is 6.12. The molecule has 120 valence electrons. The van der Waals surface area contributed by atoms with Crippen LogP contribution in [0.2, 0.25) is 0 Å².